The SMILES string of the molecule is [2H]CC(=O)OC[C@H]1OC(Oc2ccc([N+](=O)[O-])cc2C(Br)Br)[C@H](OC(=O)C[2H])[C@@H](OC(=O)C[2H])[C@H]1OC(=O)C[2H]. The molecule has 0 radical (unpaired) electrons. The van der Waals surface area contributed by atoms with Gasteiger partial charge in [0.15, 0.2) is 12.2 Å². The molecule has 0 amide bonds. The molecule has 1 saturated heterocycles. The summed E-state index contributed by atoms with van der Waals surface area (Å²) in [6.45, 7) is -4.11. The van der Waals surface area contributed by atoms with Gasteiger partial charge < -0.3 is 28.4 Å². The number of nitro groups is 1. The van der Waals surface area contributed by atoms with E-state index in [2.05, 4.69) is 31.9 Å². The average molecular weight is 645 g/mol. The lowest BCUT2D eigenvalue weighted by molar-refractivity contribution is -0.385. The first-order valence-corrected chi connectivity index (χ1v) is 11.6. The maximum Gasteiger partial charge on any atom is 0.303 e. The number of carbonyl (C=O) groups excluding carboxylic acids is 4. The molecule has 13 nitrogen and oxygen atoms in total. The Kier molecular flexibility index (Phi) is 8.50. The smallest absolute Gasteiger partial charge is 0.303 e. The normalized spacial score (nSPS) is 24.8. The molecule has 2 rings (SSSR count). The Labute approximate surface area is 227 Å². The molecule has 1 aromatic carbocycles. The van der Waals surface area contributed by atoms with Gasteiger partial charge in [0.05, 0.1) is 8.66 Å². The van der Waals surface area contributed by atoms with E-state index in [1.807, 2.05) is 0 Å². The highest BCUT2D eigenvalue weighted by Gasteiger charge is 2.53. The molecular weight excluding hydrogens is 618 g/mol. The molecule has 1 aliphatic rings. The zero-order chi connectivity index (χ0) is 30.0. The average Bonchev–Trinajstić information content (AvgIpc) is 2.94. The van der Waals surface area contributed by atoms with Crippen molar-refractivity contribution < 1.29 is 58.0 Å². The Bertz CT molecular complexity index is 1100. The molecule has 1 aromatic rings. The summed E-state index contributed by atoms with van der Waals surface area (Å²) in [4.78, 5) is 58.7. The van der Waals surface area contributed by atoms with E-state index < -0.39 is 97.4 Å². The van der Waals surface area contributed by atoms with Crippen molar-refractivity contribution in [2.75, 3.05) is 6.61 Å². The summed E-state index contributed by atoms with van der Waals surface area (Å²) in [7, 11) is 0. The third kappa shape index (κ3) is 8.13. The number of alkyl halides is 2. The van der Waals surface area contributed by atoms with Gasteiger partial charge in [0.25, 0.3) is 5.69 Å². The molecule has 0 spiro atoms. The van der Waals surface area contributed by atoms with Crippen LogP contribution in [0.5, 0.6) is 5.75 Å². The number of nitro benzene ring substituents is 1. The monoisotopic (exact) mass is 643 g/mol. The van der Waals surface area contributed by atoms with Crippen LogP contribution in [0.25, 0.3) is 0 Å². The molecule has 0 saturated carbocycles. The van der Waals surface area contributed by atoms with E-state index >= 15 is 0 Å². The molecule has 198 valence electrons. The third-order valence-electron chi connectivity index (χ3n) is 4.48. The van der Waals surface area contributed by atoms with E-state index in [9.17, 15) is 29.3 Å². The number of ether oxygens (including phenoxy) is 6. The molecule has 36 heavy (non-hydrogen) atoms. The first kappa shape index (κ1) is 23.6. The summed E-state index contributed by atoms with van der Waals surface area (Å²) in [6.07, 6.45) is -8.34. The fraction of sp³-hybridized carbons (Fsp3) is 0.524. The van der Waals surface area contributed by atoms with Crippen molar-refractivity contribution in [3.8, 4) is 5.75 Å². The predicted molar refractivity (Wildman–Crippen MR) is 126 cm³/mol. The molecule has 1 unspecified atom stereocenters. The summed E-state index contributed by atoms with van der Waals surface area (Å²) in [5.74, 6) is -4.45. The van der Waals surface area contributed by atoms with Crippen molar-refractivity contribution in [3.05, 3.63) is 33.9 Å². The Balaban J connectivity index is 2.62. The van der Waals surface area contributed by atoms with Crippen molar-refractivity contribution in [3.63, 3.8) is 0 Å². The van der Waals surface area contributed by atoms with Crippen LogP contribution in [0, 0.1) is 10.1 Å². The minimum Gasteiger partial charge on any atom is -0.463 e. The first-order chi connectivity index (χ1) is 18.9. The van der Waals surface area contributed by atoms with Crippen LogP contribution in [0.2, 0.25) is 0 Å². The van der Waals surface area contributed by atoms with E-state index in [-0.39, 0.29) is 17.0 Å². The second-order valence-electron chi connectivity index (χ2n) is 6.99. The van der Waals surface area contributed by atoms with Crippen molar-refractivity contribution >= 4 is 61.4 Å². The van der Waals surface area contributed by atoms with E-state index in [0.717, 1.165) is 6.07 Å². The number of non-ortho nitro benzene ring substituents is 1. The van der Waals surface area contributed by atoms with E-state index in [0.29, 0.717) is 0 Å². The van der Waals surface area contributed by atoms with E-state index in [1.165, 1.54) is 12.1 Å². The minimum absolute atomic E-state index is 0.0460. The quantitative estimate of drug-likeness (QED) is 0.127. The van der Waals surface area contributed by atoms with Crippen molar-refractivity contribution in [2.45, 2.75) is 62.0 Å². The van der Waals surface area contributed by atoms with Crippen LogP contribution in [0.1, 0.15) is 42.4 Å². The Morgan fingerprint density at radius 2 is 1.58 bits per heavy atom. The van der Waals surface area contributed by atoms with Gasteiger partial charge in [-0.2, -0.15) is 0 Å². The van der Waals surface area contributed by atoms with Crippen molar-refractivity contribution in [1.82, 2.24) is 0 Å². The van der Waals surface area contributed by atoms with Crippen LogP contribution in [-0.2, 0) is 42.9 Å². The molecule has 1 heterocycles. The minimum atomic E-state index is -1.74. The van der Waals surface area contributed by atoms with Gasteiger partial charge in [-0.25, -0.2) is 0 Å². The molecular formula is C21H23Br2NO12. The number of nitrogens with zero attached hydrogens (tertiary/aromatic N) is 1. The Morgan fingerprint density at radius 1 is 1.00 bits per heavy atom. The van der Waals surface area contributed by atoms with Crippen LogP contribution in [0.4, 0.5) is 5.69 Å². The summed E-state index contributed by atoms with van der Waals surface area (Å²) < 4.78 is 60.8. The maximum atomic E-state index is 12.2. The lowest BCUT2D eigenvalue weighted by Crippen LogP contribution is -2.63. The number of hydrogen-bond acceptors (Lipinski definition) is 12. The number of carbonyl (C=O) groups is 4. The molecule has 5 atom stereocenters. The third-order valence-corrected chi connectivity index (χ3v) is 5.47. The number of esters is 4. The lowest BCUT2D eigenvalue weighted by atomic mass is 9.98. The highest BCUT2D eigenvalue weighted by Crippen LogP contribution is 2.40. The molecule has 0 aromatic heterocycles. The molecule has 0 N–H and O–H groups in total. The van der Waals surface area contributed by atoms with Gasteiger partial charge in [-0.05, 0) is 6.07 Å². The van der Waals surface area contributed by atoms with Crippen LogP contribution >= 0.6 is 31.9 Å². The second-order valence-corrected chi connectivity index (χ2v) is 10.0. The highest BCUT2D eigenvalue weighted by molar-refractivity contribution is 9.24. The number of hydrogen-bond donors (Lipinski definition) is 0. The molecule has 0 bridgehead atoms. The van der Waals surface area contributed by atoms with Gasteiger partial charge >= 0.3 is 23.9 Å². The molecule has 1 fully saturated rings. The number of rotatable bonds is 9. The summed E-state index contributed by atoms with van der Waals surface area (Å²) in [6, 6.07) is 3.49. The van der Waals surface area contributed by atoms with Gasteiger partial charge in [0.2, 0.25) is 12.4 Å². The fourth-order valence-electron chi connectivity index (χ4n) is 3.19. The van der Waals surface area contributed by atoms with Gasteiger partial charge in [0, 0.05) is 50.8 Å². The number of benzene rings is 1. The van der Waals surface area contributed by atoms with Gasteiger partial charge in [0.1, 0.15) is 18.5 Å². The summed E-state index contributed by atoms with van der Waals surface area (Å²) in [5, 5.41) is 11.3. The Hall–Kier alpha value is -2.78. The second kappa shape index (κ2) is 13.0. The Morgan fingerprint density at radius 3 is 2.14 bits per heavy atom. The lowest BCUT2D eigenvalue weighted by Gasteiger charge is -2.44. The maximum absolute atomic E-state index is 12.2. The zero-order valence-corrected chi connectivity index (χ0v) is 21.5. The molecule has 1 aliphatic heterocycles. The summed E-state index contributed by atoms with van der Waals surface area (Å²) in [5.41, 5.74) is -0.110. The predicted octanol–water partition coefficient (Wildman–Crippen LogP) is 2.85. The van der Waals surface area contributed by atoms with Crippen molar-refractivity contribution in [2.24, 2.45) is 0 Å². The van der Waals surface area contributed by atoms with Crippen LogP contribution in [0.15, 0.2) is 18.2 Å². The van der Waals surface area contributed by atoms with E-state index in [1.54, 1.807) is 0 Å². The van der Waals surface area contributed by atoms with Crippen LogP contribution < -0.4 is 4.74 Å². The van der Waals surface area contributed by atoms with Gasteiger partial charge in [-0.3, -0.25) is 29.3 Å². The van der Waals surface area contributed by atoms with Gasteiger partial charge in [-0.15, -0.1) is 0 Å². The summed E-state index contributed by atoms with van der Waals surface area (Å²) >= 11 is 6.46. The standard InChI is InChI=1S/C21H23Br2NO12/c1-9(25)31-8-16-17(32-10(2)26)18(33-11(3)27)19(34-12(4)28)21(36-16)35-15-6-5-13(24(29)30)7-14(15)20(22)23/h5-7,16-21H,8H2,1-4H3/t16-,17+,18+,19-,21?/m1/s1/i1D,2D,3D,4D. The highest BCUT2D eigenvalue weighted by atomic mass is 79.9. The fourth-order valence-corrected chi connectivity index (χ4v) is 3.91. The molecule has 15 heteroatoms. The van der Waals surface area contributed by atoms with Crippen LogP contribution in [-0.4, -0.2) is 66.1 Å². The van der Waals surface area contributed by atoms with Crippen LogP contribution in [0.3, 0.4) is 0 Å². The molecule has 0 aliphatic carbocycles. The first-order valence-electron chi connectivity index (χ1n) is 12.6. The van der Waals surface area contributed by atoms with Gasteiger partial charge in [-0.1, -0.05) is 31.9 Å². The largest absolute Gasteiger partial charge is 0.463 e. The number of halogens is 2. The zero-order valence-electron chi connectivity index (χ0n) is 22.3. The van der Waals surface area contributed by atoms with Crippen molar-refractivity contribution in [1.29, 1.82) is 0 Å². The topological polar surface area (TPSA) is 167 Å². The van der Waals surface area contributed by atoms with E-state index in [4.69, 9.17) is 33.9 Å².